The zero-order valence-corrected chi connectivity index (χ0v) is 15.8. The lowest BCUT2D eigenvalue weighted by Gasteiger charge is -2.31. The molecule has 1 rings (SSSR count). The third-order valence-electron chi connectivity index (χ3n) is 3.84. The Bertz CT molecular complexity index is 592. The topological polar surface area (TPSA) is 67.4 Å². The van der Waals surface area contributed by atoms with Crippen molar-refractivity contribution in [3.05, 3.63) is 35.4 Å². The Hall–Kier alpha value is -2.04. The standard InChI is InChI=1S/C19H30N2O3/c1-8-16(22)20-18(4,5)14-10-9-11-15(12-14)19(6,7)21-17(23)24-13(2)3/h9-13H,8H2,1-7H3,(H,20,22)(H,21,23). The van der Waals surface area contributed by atoms with Crippen molar-refractivity contribution in [2.75, 3.05) is 0 Å². The van der Waals surface area contributed by atoms with Crippen LogP contribution < -0.4 is 10.6 Å². The fourth-order valence-electron chi connectivity index (χ4n) is 2.38. The summed E-state index contributed by atoms with van der Waals surface area (Å²) in [7, 11) is 0. The number of ether oxygens (including phenoxy) is 1. The Kier molecular flexibility index (Phi) is 6.41. The molecule has 0 saturated heterocycles. The van der Waals surface area contributed by atoms with Gasteiger partial charge in [0.05, 0.1) is 17.2 Å². The van der Waals surface area contributed by atoms with Gasteiger partial charge >= 0.3 is 6.09 Å². The summed E-state index contributed by atoms with van der Waals surface area (Å²) < 4.78 is 5.17. The molecular weight excluding hydrogens is 304 g/mol. The highest BCUT2D eigenvalue weighted by Crippen LogP contribution is 2.26. The molecule has 2 amide bonds. The number of carbonyl (C=O) groups excluding carboxylic acids is 2. The highest BCUT2D eigenvalue weighted by atomic mass is 16.6. The first-order valence-electron chi connectivity index (χ1n) is 8.38. The number of alkyl carbamates (subject to hydrolysis) is 1. The number of amides is 2. The van der Waals surface area contributed by atoms with E-state index in [1.165, 1.54) is 0 Å². The van der Waals surface area contributed by atoms with E-state index in [9.17, 15) is 9.59 Å². The van der Waals surface area contributed by atoms with E-state index in [0.29, 0.717) is 6.42 Å². The molecule has 0 fully saturated rings. The highest BCUT2D eigenvalue weighted by Gasteiger charge is 2.27. The first kappa shape index (κ1) is 20.0. The van der Waals surface area contributed by atoms with Crippen LogP contribution in [0, 0.1) is 0 Å². The molecule has 2 N–H and O–H groups in total. The van der Waals surface area contributed by atoms with E-state index >= 15 is 0 Å². The van der Waals surface area contributed by atoms with Crippen LogP contribution in [-0.2, 0) is 20.6 Å². The number of hydrogen-bond acceptors (Lipinski definition) is 3. The number of nitrogens with one attached hydrogen (secondary N) is 2. The van der Waals surface area contributed by atoms with Crippen LogP contribution in [0.4, 0.5) is 4.79 Å². The summed E-state index contributed by atoms with van der Waals surface area (Å²) in [5, 5.41) is 5.90. The van der Waals surface area contributed by atoms with Crippen molar-refractivity contribution >= 4 is 12.0 Å². The Morgan fingerprint density at radius 3 is 2.00 bits per heavy atom. The molecular formula is C19H30N2O3. The van der Waals surface area contributed by atoms with Crippen molar-refractivity contribution in [3.63, 3.8) is 0 Å². The lowest BCUT2D eigenvalue weighted by Crippen LogP contribution is -2.43. The summed E-state index contributed by atoms with van der Waals surface area (Å²) in [4.78, 5) is 23.7. The largest absolute Gasteiger partial charge is 0.447 e. The van der Waals surface area contributed by atoms with Crippen LogP contribution >= 0.6 is 0 Å². The summed E-state index contributed by atoms with van der Waals surface area (Å²) in [5.74, 6) is 0.00306. The molecule has 0 aliphatic rings. The molecule has 0 unspecified atom stereocenters. The van der Waals surface area contributed by atoms with E-state index in [0.717, 1.165) is 11.1 Å². The van der Waals surface area contributed by atoms with Gasteiger partial charge in [0, 0.05) is 6.42 Å². The third kappa shape index (κ3) is 5.55. The molecule has 0 aliphatic carbocycles. The molecule has 0 saturated carbocycles. The van der Waals surface area contributed by atoms with Crippen molar-refractivity contribution in [1.29, 1.82) is 0 Å². The van der Waals surface area contributed by atoms with Gasteiger partial charge in [-0.1, -0.05) is 31.2 Å². The van der Waals surface area contributed by atoms with Gasteiger partial charge in [-0.25, -0.2) is 4.79 Å². The van der Waals surface area contributed by atoms with Crippen molar-refractivity contribution in [1.82, 2.24) is 10.6 Å². The van der Waals surface area contributed by atoms with Gasteiger partial charge in [0.25, 0.3) is 0 Å². The second-order valence-electron chi connectivity index (χ2n) is 7.31. The van der Waals surface area contributed by atoms with E-state index in [4.69, 9.17) is 4.74 Å². The minimum atomic E-state index is -0.590. The van der Waals surface area contributed by atoms with Gasteiger partial charge < -0.3 is 15.4 Å². The molecule has 0 bridgehead atoms. The molecule has 0 heterocycles. The van der Waals surface area contributed by atoms with Crippen LogP contribution in [0.3, 0.4) is 0 Å². The quantitative estimate of drug-likeness (QED) is 0.831. The van der Waals surface area contributed by atoms with Crippen molar-refractivity contribution in [3.8, 4) is 0 Å². The van der Waals surface area contributed by atoms with Gasteiger partial charge in [0.2, 0.25) is 5.91 Å². The van der Waals surface area contributed by atoms with Gasteiger partial charge in [0.1, 0.15) is 0 Å². The van der Waals surface area contributed by atoms with Gasteiger partial charge in [-0.2, -0.15) is 0 Å². The second kappa shape index (κ2) is 7.69. The van der Waals surface area contributed by atoms with Gasteiger partial charge in [-0.15, -0.1) is 0 Å². The molecule has 1 aromatic carbocycles. The smallest absolute Gasteiger partial charge is 0.408 e. The summed E-state index contributed by atoms with van der Waals surface area (Å²) in [6, 6.07) is 7.87. The van der Waals surface area contributed by atoms with E-state index in [1.807, 2.05) is 72.7 Å². The minimum absolute atomic E-state index is 0.00306. The number of carbonyl (C=O) groups is 2. The first-order valence-corrected chi connectivity index (χ1v) is 8.38. The highest BCUT2D eigenvalue weighted by molar-refractivity contribution is 5.76. The van der Waals surface area contributed by atoms with Crippen LogP contribution in [-0.4, -0.2) is 18.1 Å². The van der Waals surface area contributed by atoms with E-state index < -0.39 is 17.2 Å². The van der Waals surface area contributed by atoms with Crippen LogP contribution in [0.2, 0.25) is 0 Å². The Labute approximate surface area is 145 Å². The van der Waals surface area contributed by atoms with Gasteiger partial charge in [0.15, 0.2) is 0 Å². The minimum Gasteiger partial charge on any atom is -0.447 e. The zero-order chi connectivity index (χ0) is 18.5. The molecule has 0 spiro atoms. The van der Waals surface area contributed by atoms with Gasteiger partial charge in [-0.3, -0.25) is 4.79 Å². The molecule has 134 valence electrons. The molecule has 1 aromatic rings. The third-order valence-corrected chi connectivity index (χ3v) is 3.84. The summed E-state index contributed by atoms with van der Waals surface area (Å²) in [6.45, 7) is 13.2. The van der Waals surface area contributed by atoms with Crippen molar-refractivity contribution in [2.24, 2.45) is 0 Å². The van der Waals surface area contributed by atoms with E-state index in [2.05, 4.69) is 10.6 Å². The zero-order valence-electron chi connectivity index (χ0n) is 15.8. The molecule has 0 atom stereocenters. The van der Waals surface area contributed by atoms with Gasteiger partial charge in [-0.05, 0) is 52.7 Å². The summed E-state index contributed by atoms with van der Waals surface area (Å²) in [5.41, 5.74) is 0.846. The molecule has 0 radical (unpaired) electrons. The predicted molar refractivity (Wildman–Crippen MR) is 95.7 cm³/mol. The maximum atomic E-state index is 11.9. The number of rotatable bonds is 6. The molecule has 0 aromatic heterocycles. The van der Waals surface area contributed by atoms with Crippen LogP contribution in [0.1, 0.15) is 66.0 Å². The van der Waals surface area contributed by atoms with Crippen molar-refractivity contribution < 1.29 is 14.3 Å². The summed E-state index contributed by atoms with van der Waals surface area (Å²) in [6.07, 6.45) is -0.175. The molecule has 5 nitrogen and oxygen atoms in total. The monoisotopic (exact) mass is 334 g/mol. The second-order valence-corrected chi connectivity index (χ2v) is 7.31. The predicted octanol–water partition coefficient (Wildman–Crippen LogP) is 3.82. The summed E-state index contributed by atoms with van der Waals surface area (Å²) >= 11 is 0. The lowest BCUT2D eigenvalue weighted by molar-refractivity contribution is -0.122. The van der Waals surface area contributed by atoms with Crippen LogP contribution in [0.25, 0.3) is 0 Å². The van der Waals surface area contributed by atoms with Crippen LogP contribution in [0.5, 0.6) is 0 Å². The lowest BCUT2D eigenvalue weighted by atomic mass is 9.87. The average Bonchev–Trinajstić information content (AvgIpc) is 2.45. The number of hydrogen-bond donors (Lipinski definition) is 2. The van der Waals surface area contributed by atoms with Crippen molar-refractivity contribution in [2.45, 2.75) is 72.1 Å². The number of benzene rings is 1. The first-order chi connectivity index (χ1) is 11.0. The Balaban J connectivity index is 3.02. The maximum Gasteiger partial charge on any atom is 0.408 e. The SMILES string of the molecule is CCC(=O)NC(C)(C)c1cccc(C(C)(C)NC(=O)OC(C)C)c1. The Morgan fingerprint density at radius 1 is 1.04 bits per heavy atom. The molecule has 5 heteroatoms. The van der Waals surface area contributed by atoms with Crippen LogP contribution in [0.15, 0.2) is 24.3 Å². The maximum absolute atomic E-state index is 11.9. The fourth-order valence-corrected chi connectivity index (χ4v) is 2.38. The molecule has 24 heavy (non-hydrogen) atoms. The fraction of sp³-hybridized carbons (Fsp3) is 0.579. The van der Waals surface area contributed by atoms with E-state index in [-0.39, 0.29) is 12.0 Å². The van der Waals surface area contributed by atoms with E-state index in [1.54, 1.807) is 0 Å². The normalized spacial score (nSPS) is 12.0. The Morgan fingerprint density at radius 2 is 1.54 bits per heavy atom. The molecule has 0 aliphatic heterocycles. The average molecular weight is 334 g/mol.